The molecule has 0 saturated carbocycles. The van der Waals surface area contributed by atoms with Gasteiger partial charge in [-0.1, -0.05) is 26.8 Å². The highest BCUT2D eigenvalue weighted by Gasteiger charge is 2.17. The lowest BCUT2D eigenvalue weighted by Crippen LogP contribution is -2.01. The molecule has 0 aliphatic heterocycles. The Morgan fingerprint density at radius 1 is 1.41 bits per heavy atom. The SMILES string of the molecule is CCCOc1ccc(C(C)CC)cc1[N+](=O)[O-]. The van der Waals surface area contributed by atoms with Crippen molar-refractivity contribution in [2.45, 2.75) is 39.5 Å². The summed E-state index contributed by atoms with van der Waals surface area (Å²) in [6.45, 7) is 6.60. The molecule has 0 bridgehead atoms. The molecule has 1 rings (SSSR count). The fraction of sp³-hybridized carbons (Fsp3) is 0.538. The van der Waals surface area contributed by atoms with E-state index in [0.29, 0.717) is 18.3 Å². The number of nitro benzene ring substituents is 1. The van der Waals surface area contributed by atoms with Crippen LogP contribution in [0.15, 0.2) is 18.2 Å². The van der Waals surface area contributed by atoms with Crippen molar-refractivity contribution in [3.8, 4) is 5.75 Å². The molecule has 0 radical (unpaired) electrons. The summed E-state index contributed by atoms with van der Waals surface area (Å²) in [6, 6.07) is 5.24. The highest BCUT2D eigenvalue weighted by atomic mass is 16.6. The maximum Gasteiger partial charge on any atom is 0.311 e. The summed E-state index contributed by atoms with van der Waals surface area (Å²) in [5, 5.41) is 11.0. The molecule has 0 fully saturated rings. The van der Waals surface area contributed by atoms with Crippen molar-refractivity contribution in [3.05, 3.63) is 33.9 Å². The second kappa shape index (κ2) is 6.23. The molecular formula is C13H19NO3. The minimum Gasteiger partial charge on any atom is -0.487 e. The molecule has 0 aromatic heterocycles. The van der Waals surface area contributed by atoms with Crippen molar-refractivity contribution in [3.63, 3.8) is 0 Å². The van der Waals surface area contributed by atoms with Gasteiger partial charge in [0.15, 0.2) is 5.75 Å². The first-order valence-corrected chi connectivity index (χ1v) is 6.01. The van der Waals surface area contributed by atoms with E-state index in [1.165, 1.54) is 0 Å². The fourth-order valence-corrected chi connectivity index (χ4v) is 1.55. The van der Waals surface area contributed by atoms with E-state index in [1.54, 1.807) is 12.1 Å². The summed E-state index contributed by atoms with van der Waals surface area (Å²) >= 11 is 0. The predicted molar refractivity (Wildman–Crippen MR) is 67.6 cm³/mol. The minimum atomic E-state index is -0.378. The zero-order valence-corrected chi connectivity index (χ0v) is 10.6. The van der Waals surface area contributed by atoms with Gasteiger partial charge >= 0.3 is 5.69 Å². The van der Waals surface area contributed by atoms with Crippen LogP contribution in [0.25, 0.3) is 0 Å². The van der Waals surface area contributed by atoms with E-state index in [2.05, 4.69) is 13.8 Å². The molecule has 17 heavy (non-hydrogen) atoms. The standard InChI is InChI=1S/C13H19NO3/c1-4-8-17-13-7-6-11(10(3)5-2)9-12(13)14(15)16/h6-7,9-10H,4-5,8H2,1-3H3. The van der Waals surface area contributed by atoms with Crippen LogP contribution in [0.4, 0.5) is 5.69 Å². The Hall–Kier alpha value is -1.58. The van der Waals surface area contributed by atoms with Gasteiger partial charge in [0.25, 0.3) is 0 Å². The number of hydrogen-bond donors (Lipinski definition) is 0. The van der Waals surface area contributed by atoms with Crippen molar-refractivity contribution < 1.29 is 9.66 Å². The van der Waals surface area contributed by atoms with E-state index < -0.39 is 0 Å². The van der Waals surface area contributed by atoms with Gasteiger partial charge in [0, 0.05) is 6.07 Å². The monoisotopic (exact) mass is 237 g/mol. The zero-order valence-electron chi connectivity index (χ0n) is 10.6. The average molecular weight is 237 g/mol. The smallest absolute Gasteiger partial charge is 0.311 e. The Morgan fingerprint density at radius 3 is 2.65 bits per heavy atom. The Balaban J connectivity index is 3.03. The van der Waals surface area contributed by atoms with Gasteiger partial charge in [0.1, 0.15) is 0 Å². The largest absolute Gasteiger partial charge is 0.487 e. The first-order chi connectivity index (χ1) is 8.10. The zero-order chi connectivity index (χ0) is 12.8. The van der Waals surface area contributed by atoms with Crippen LogP contribution in [0.5, 0.6) is 5.75 Å². The molecule has 0 aliphatic carbocycles. The van der Waals surface area contributed by atoms with Crippen LogP contribution >= 0.6 is 0 Å². The summed E-state index contributed by atoms with van der Waals surface area (Å²) in [4.78, 5) is 10.6. The molecule has 1 aromatic carbocycles. The third kappa shape index (κ3) is 3.44. The van der Waals surface area contributed by atoms with Crippen molar-refractivity contribution in [2.24, 2.45) is 0 Å². The van der Waals surface area contributed by atoms with Gasteiger partial charge in [-0.25, -0.2) is 0 Å². The molecule has 0 heterocycles. The molecule has 1 unspecified atom stereocenters. The van der Waals surface area contributed by atoms with E-state index in [0.717, 1.165) is 18.4 Å². The van der Waals surface area contributed by atoms with Crippen LogP contribution in [0.2, 0.25) is 0 Å². The van der Waals surface area contributed by atoms with Crippen molar-refractivity contribution in [2.75, 3.05) is 6.61 Å². The molecule has 0 N–H and O–H groups in total. The van der Waals surface area contributed by atoms with Gasteiger partial charge in [0.05, 0.1) is 11.5 Å². The van der Waals surface area contributed by atoms with Gasteiger partial charge in [-0.2, -0.15) is 0 Å². The summed E-state index contributed by atoms with van der Waals surface area (Å²) in [5.41, 5.74) is 1.05. The topological polar surface area (TPSA) is 52.4 Å². The molecule has 0 saturated heterocycles. The first-order valence-electron chi connectivity index (χ1n) is 6.01. The second-order valence-electron chi connectivity index (χ2n) is 4.14. The summed E-state index contributed by atoms with van der Waals surface area (Å²) in [6.07, 6.45) is 1.80. The summed E-state index contributed by atoms with van der Waals surface area (Å²) in [7, 11) is 0. The van der Waals surface area contributed by atoms with Crippen LogP contribution in [-0.4, -0.2) is 11.5 Å². The lowest BCUT2D eigenvalue weighted by Gasteiger charge is -2.11. The quantitative estimate of drug-likeness (QED) is 0.557. The van der Waals surface area contributed by atoms with Crippen LogP contribution < -0.4 is 4.74 Å². The summed E-state index contributed by atoms with van der Waals surface area (Å²) < 4.78 is 5.37. The van der Waals surface area contributed by atoms with Crippen LogP contribution in [-0.2, 0) is 0 Å². The van der Waals surface area contributed by atoms with E-state index in [1.807, 2.05) is 13.0 Å². The first kappa shape index (κ1) is 13.5. The fourth-order valence-electron chi connectivity index (χ4n) is 1.55. The van der Waals surface area contributed by atoms with Crippen molar-refractivity contribution >= 4 is 5.69 Å². The van der Waals surface area contributed by atoms with Crippen LogP contribution in [0.1, 0.15) is 45.1 Å². The number of ether oxygens (including phenoxy) is 1. The average Bonchev–Trinajstić information content (AvgIpc) is 2.35. The minimum absolute atomic E-state index is 0.0660. The highest BCUT2D eigenvalue weighted by molar-refractivity contribution is 5.49. The Labute approximate surface area is 102 Å². The van der Waals surface area contributed by atoms with E-state index in [9.17, 15) is 10.1 Å². The molecule has 1 aromatic rings. The Kier molecular flexibility index (Phi) is 4.94. The van der Waals surface area contributed by atoms with Gasteiger partial charge in [0.2, 0.25) is 0 Å². The normalized spacial score (nSPS) is 12.2. The van der Waals surface area contributed by atoms with Gasteiger partial charge in [-0.3, -0.25) is 10.1 Å². The second-order valence-corrected chi connectivity index (χ2v) is 4.14. The third-order valence-electron chi connectivity index (χ3n) is 2.82. The van der Waals surface area contributed by atoms with Crippen molar-refractivity contribution in [1.29, 1.82) is 0 Å². The molecule has 4 heteroatoms. The predicted octanol–water partition coefficient (Wildman–Crippen LogP) is 3.90. The third-order valence-corrected chi connectivity index (χ3v) is 2.82. The Bertz CT molecular complexity index is 390. The Morgan fingerprint density at radius 2 is 2.12 bits per heavy atom. The lowest BCUT2D eigenvalue weighted by atomic mass is 9.98. The number of nitro groups is 1. The van der Waals surface area contributed by atoms with E-state index >= 15 is 0 Å². The summed E-state index contributed by atoms with van der Waals surface area (Å²) in [5.74, 6) is 0.692. The van der Waals surface area contributed by atoms with Crippen molar-refractivity contribution in [1.82, 2.24) is 0 Å². The maximum atomic E-state index is 11.0. The molecule has 0 amide bonds. The maximum absolute atomic E-state index is 11.0. The molecule has 4 nitrogen and oxygen atoms in total. The molecule has 94 valence electrons. The molecular weight excluding hydrogens is 218 g/mol. The van der Waals surface area contributed by atoms with E-state index in [4.69, 9.17) is 4.74 Å². The number of nitrogens with zero attached hydrogens (tertiary/aromatic N) is 1. The number of benzene rings is 1. The van der Waals surface area contributed by atoms with Crippen LogP contribution in [0, 0.1) is 10.1 Å². The van der Waals surface area contributed by atoms with E-state index in [-0.39, 0.29) is 10.6 Å². The molecule has 1 atom stereocenters. The number of hydrogen-bond acceptors (Lipinski definition) is 3. The molecule has 0 aliphatic rings. The van der Waals surface area contributed by atoms with Gasteiger partial charge in [-0.15, -0.1) is 0 Å². The molecule has 0 spiro atoms. The van der Waals surface area contributed by atoms with Gasteiger partial charge in [-0.05, 0) is 30.4 Å². The van der Waals surface area contributed by atoms with Crippen LogP contribution in [0.3, 0.4) is 0 Å². The van der Waals surface area contributed by atoms with Gasteiger partial charge < -0.3 is 4.74 Å². The lowest BCUT2D eigenvalue weighted by molar-refractivity contribution is -0.385. The highest BCUT2D eigenvalue weighted by Crippen LogP contribution is 2.31. The number of rotatable bonds is 6.